The SMILES string of the molecule is Cc1ccc(S(=O)(=O)N2[C@H](C(=O)OC(C)(C)C)[C@H]2c2ccccc2)cc1. The quantitative estimate of drug-likeness (QED) is 0.608. The van der Waals surface area contributed by atoms with Crippen LogP contribution < -0.4 is 0 Å². The summed E-state index contributed by atoms with van der Waals surface area (Å²) >= 11 is 0. The number of rotatable bonds is 4. The number of esters is 1. The standard InChI is InChI=1S/C20H23NO4S/c1-14-10-12-16(13-11-14)26(23,24)21-17(15-8-6-5-7-9-15)18(21)19(22)25-20(2,3)4/h5-13,17-18H,1-4H3/t17-,18+,21?/m1/s1. The molecular weight excluding hydrogens is 350 g/mol. The molecule has 0 N–H and O–H groups in total. The highest BCUT2D eigenvalue weighted by molar-refractivity contribution is 7.89. The number of carbonyl (C=O) groups excluding carboxylic acids is 1. The molecule has 1 unspecified atom stereocenters. The number of nitrogens with zero attached hydrogens (tertiary/aromatic N) is 1. The minimum absolute atomic E-state index is 0.176. The van der Waals surface area contributed by atoms with Crippen LogP contribution in [0.1, 0.15) is 37.9 Å². The summed E-state index contributed by atoms with van der Waals surface area (Å²) in [5, 5.41) is 0. The van der Waals surface area contributed by atoms with Crippen molar-refractivity contribution in [1.29, 1.82) is 0 Å². The van der Waals surface area contributed by atoms with E-state index in [4.69, 9.17) is 4.74 Å². The minimum atomic E-state index is -3.80. The summed E-state index contributed by atoms with van der Waals surface area (Å²) < 4.78 is 32.9. The Morgan fingerprint density at radius 3 is 2.12 bits per heavy atom. The van der Waals surface area contributed by atoms with Gasteiger partial charge in [0.05, 0.1) is 10.9 Å². The van der Waals surface area contributed by atoms with E-state index in [0.29, 0.717) is 0 Å². The lowest BCUT2D eigenvalue weighted by molar-refractivity contribution is -0.154. The number of aryl methyl sites for hydroxylation is 1. The molecule has 5 nitrogen and oxygen atoms in total. The predicted molar refractivity (Wildman–Crippen MR) is 99.0 cm³/mol. The second-order valence-corrected chi connectivity index (χ2v) is 9.33. The van der Waals surface area contributed by atoms with Crippen LogP contribution in [0.4, 0.5) is 0 Å². The maximum absolute atomic E-state index is 13.1. The Hall–Kier alpha value is -2.18. The van der Waals surface area contributed by atoms with Gasteiger partial charge in [0.25, 0.3) is 0 Å². The normalized spacial score (nSPS) is 22.7. The molecule has 0 amide bonds. The van der Waals surface area contributed by atoms with Gasteiger partial charge in [-0.25, -0.2) is 8.42 Å². The van der Waals surface area contributed by atoms with E-state index in [-0.39, 0.29) is 4.90 Å². The molecule has 138 valence electrons. The van der Waals surface area contributed by atoms with Crippen molar-refractivity contribution in [1.82, 2.24) is 4.31 Å². The average molecular weight is 373 g/mol. The number of sulfonamides is 1. The molecule has 1 aliphatic heterocycles. The van der Waals surface area contributed by atoms with Gasteiger partial charge >= 0.3 is 5.97 Å². The molecule has 2 aromatic carbocycles. The molecule has 0 bridgehead atoms. The van der Waals surface area contributed by atoms with E-state index in [1.54, 1.807) is 45.0 Å². The number of hydrogen-bond acceptors (Lipinski definition) is 4. The zero-order valence-electron chi connectivity index (χ0n) is 15.3. The number of benzene rings is 2. The van der Waals surface area contributed by atoms with Gasteiger partial charge in [0.15, 0.2) is 0 Å². The fraction of sp³-hybridized carbons (Fsp3) is 0.350. The van der Waals surface area contributed by atoms with Gasteiger partial charge in [0, 0.05) is 0 Å². The van der Waals surface area contributed by atoms with Gasteiger partial charge in [-0.1, -0.05) is 48.0 Å². The fourth-order valence-electron chi connectivity index (χ4n) is 2.92. The summed E-state index contributed by atoms with van der Waals surface area (Å²) in [7, 11) is -3.80. The first-order valence-electron chi connectivity index (χ1n) is 8.49. The monoisotopic (exact) mass is 373 g/mol. The highest BCUT2D eigenvalue weighted by Crippen LogP contribution is 2.48. The lowest BCUT2D eigenvalue weighted by atomic mass is 10.1. The molecule has 0 aromatic heterocycles. The molecule has 26 heavy (non-hydrogen) atoms. The van der Waals surface area contributed by atoms with Crippen LogP contribution in [0, 0.1) is 6.92 Å². The molecule has 0 radical (unpaired) electrons. The van der Waals surface area contributed by atoms with Crippen molar-refractivity contribution >= 4 is 16.0 Å². The Kier molecular flexibility index (Phi) is 4.67. The van der Waals surface area contributed by atoms with Gasteiger partial charge in [0.2, 0.25) is 10.0 Å². The van der Waals surface area contributed by atoms with E-state index in [9.17, 15) is 13.2 Å². The topological polar surface area (TPSA) is 63.5 Å². The molecule has 0 spiro atoms. The summed E-state index contributed by atoms with van der Waals surface area (Å²) in [4.78, 5) is 12.8. The van der Waals surface area contributed by atoms with Crippen molar-refractivity contribution < 1.29 is 17.9 Å². The first-order valence-corrected chi connectivity index (χ1v) is 9.93. The van der Waals surface area contributed by atoms with E-state index >= 15 is 0 Å². The Balaban J connectivity index is 1.97. The van der Waals surface area contributed by atoms with Gasteiger partial charge in [-0.2, -0.15) is 4.31 Å². The van der Waals surface area contributed by atoms with Crippen LogP contribution in [0.5, 0.6) is 0 Å². The van der Waals surface area contributed by atoms with E-state index < -0.39 is 33.7 Å². The predicted octanol–water partition coefficient (Wildman–Crippen LogP) is 3.45. The van der Waals surface area contributed by atoms with Crippen LogP contribution >= 0.6 is 0 Å². The summed E-state index contributed by atoms with van der Waals surface area (Å²) in [5.74, 6) is -0.526. The Morgan fingerprint density at radius 1 is 1.00 bits per heavy atom. The van der Waals surface area contributed by atoms with E-state index in [1.807, 2.05) is 37.3 Å². The Morgan fingerprint density at radius 2 is 1.58 bits per heavy atom. The van der Waals surface area contributed by atoms with Crippen LogP contribution in [0.15, 0.2) is 59.5 Å². The van der Waals surface area contributed by atoms with Crippen LogP contribution in [0.2, 0.25) is 0 Å². The molecule has 1 saturated heterocycles. The third kappa shape index (κ3) is 3.66. The van der Waals surface area contributed by atoms with E-state index in [2.05, 4.69) is 0 Å². The van der Waals surface area contributed by atoms with Gasteiger partial charge in [-0.3, -0.25) is 4.79 Å². The third-order valence-corrected chi connectivity index (χ3v) is 6.02. The summed E-state index contributed by atoms with van der Waals surface area (Å²) in [6.45, 7) is 7.20. The van der Waals surface area contributed by atoms with Gasteiger partial charge < -0.3 is 4.74 Å². The summed E-state index contributed by atoms with van der Waals surface area (Å²) in [6.07, 6.45) is 0. The summed E-state index contributed by atoms with van der Waals surface area (Å²) in [6, 6.07) is 14.4. The lowest BCUT2D eigenvalue weighted by Gasteiger charge is -2.19. The van der Waals surface area contributed by atoms with E-state index in [1.165, 1.54) is 4.31 Å². The fourth-order valence-corrected chi connectivity index (χ4v) is 4.62. The van der Waals surface area contributed by atoms with Crippen LogP contribution in [-0.2, 0) is 19.6 Å². The Bertz CT molecular complexity index is 899. The second kappa shape index (κ2) is 6.52. The molecule has 1 fully saturated rings. The molecule has 6 heteroatoms. The van der Waals surface area contributed by atoms with Crippen molar-refractivity contribution in [2.45, 2.75) is 50.3 Å². The van der Waals surface area contributed by atoms with Crippen molar-refractivity contribution in [3.63, 3.8) is 0 Å². The zero-order chi connectivity index (χ0) is 19.1. The first-order chi connectivity index (χ1) is 12.1. The molecule has 3 atom stereocenters. The molecule has 3 rings (SSSR count). The Labute approximate surface area is 154 Å². The molecule has 0 aliphatic carbocycles. The molecule has 1 aliphatic rings. The highest BCUT2D eigenvalue weighted by atomic mass is 32.2. The van der Waals surface area contributed by atoms with Gasteiger partial charge in [0.1, 0.15) is 11.6 Å². The lowest BCUT2D eigenvalue weighted by Crippen LogP contribution is -2.29. The highest BCUT2D eigenvalue weighted by Gasteiger charge is 2.61. The van der Waals surface area contributed by atoms with E-state index in [0.717, 1.165) is 11.1 Å². The van der Waals surface area contributed by atoms with Gasteiger partial charge in [-0.05, 0) is 45.4 Å². The smallest absolute Gasteiger partial charge is 0.327 e. The third-order valence-electron chi connectivity index (χ3n) is 4.14. The second-order valence-electron chi connectivity index (χ2n) is 7.48. The van der Waals surface area contributed by atoms with Crippen LogP contribution in [0.25, 0.3) is 0 Å². The minimum Gasteiger partial charge on any atom is -0.459 e. The molecule has 0 saturated carbocycles. The summed E-state index contributed by atoms with van der Waals surface area (Å²) in [5.41, 5.74) is 1.07. The van der Waals surface area contributed by atoms with Gasteiger partial charge in [-0.15, -0.1) is 0 Å². The largest absolute Gasteiger partial charge is 0.459 e. The van der Waals surface area contributed by atoms with Crippen LogP contribution in [-0.4, -0.2) is 30.3 Å². The van der Waals surface area contributed by atoms with Crippen LogP contribution in [0.3, 0.4) is 0 Å². The van der Waals surface area contributed by atoms with Crippen molar-refractivity contribution in [2.24, 2.45) is 0 Å². The maximum Gasteiger partial charge on any atom is 0.327 e. The van der Waals surface area contributed by atoms with Crippen molar-refractivity contribution in [3.8, 4) is 0 Å². The number of carbonyl (C=O) groups is 1. The number of hydrogen-bond donors (Lipinski definition) is 0. The van der Waals surface area contributed by atoms with Crippen molar-refractivity contribution in [2.75, 3.05) is 0 Å². The van der Waals surface area contributed by atoms with Crippen molar-refractivity contribution in [3.05, 3.63) is 65.7 Å². The number of ether oxygens (including phenoxy) is 1. The molecule has 1 heterocycles. The molecule has 2 aromatic rings. The molecular formula is C20H23NO4S. The first kappa shape index (κ1) is 18.6. The zero-order valence-corrected chi connectivity index (χ0v) is 16.2. The maximum atomic E-state index is 13.1. The average Bonchev–Trinajstić information content (AvgIpc) is 3.31.